The Morgan fingerprint density at radius 3 is 1.64 bits per heavy atom. The Morgan fingerprint density at radius 1 is 0.426 bits per heavy atom. The summed E-state index contributed by atoms with van der Waals surface area (Å²) in [5, 5.41) is 17.9. The molecule has 0 saturated carbocycles. The summed E-state index contributed by atoms with van der Waals surface area (Å²) in [6.45, 7) is 0. The third kappa shape index (κ3) is 3.78. The van der Waals surface area contributed by atoms with Gasteiger partial charge < -0.3 is 9.13 Å². The van der Waals surface area contributed by atoms with Gasteiger partial charge in [0, 0.05) is 53.1 Å². The Hall–Kier alpha value is -6.15. The molecule has 0 N–H and O–H groups in total. The van der Waals surface area contributed by atoms with Gasteiger partial charge in [0.2, 0.25) is 0 Å². The molecule has 0 atom stereocenters. The maximum atomic E-state index is 10.3. The predicted molar refractivity (Wildman–Crippen MR) is 198 cm³/mol. The quantitative estimate of drug-likeness (QED) is 0.195. The smallest absolute Gasteiger partial charge is 0.0998 e. The Balaban J connectivity index is 1.10. The maximum absolute atomic E-state index is 10.3. The largest absolute Gasteiger partial charge is 0.309 e. The van der Waals surface area contributed by atoms with Gasteiger partial charge in [-0.3, -0.25) is 0 Å². The minimum atomic E-state index is 0.654. The van der Waals surface area contributed by atoms with E-state index in [9.17, 15) is 5.26 Å². The molecule has 10 aromatic rings. The van der Waals surface area contributed by atoms with Crippen LogP contribution in [0.5, 0.6) is 0 Å². The Morgan fingerprint density at radius 2 is 0.979 bits per heavy atom. The van der Waals surface area contributed by atoms with Crippen LogP contribution >= 0.6 is 11.3 Å². The minimum absolute atomic E-state index is 0.654. The zero-order valence-corrected chi connectivity index (χ0v) is 26.0. The van der Waals surface area contributed by atoms with Crippen molar-refractivity contribution in [2.24, 2.45) is 0 Å². The van der Waals surface area contributed by atoms with E-state index >= 15 is 0 Å². The lowest BCUT2D eigenvalue weighted by Crippen LogP contribution is -1.96. The first-order valence-electron chi connectivity index (χ1n) is 15.7. The molecule has 0 spiro atoms. The Kier molecular flexibility index (Phi) is 5.51. The first-order valence-corrected chi connectivity index (χ1v) is 16.6. The van der Waals surface area contributed by atoms with Gasteiger partial charge in [-0.2, -0.15) is 5.26 Å². The molecule has 4 heteroatoms. The number of fused-ring (bicyclic) bond motifs is 9. The van der Waals surface area contributed by atoms with Gasteiger partial charge in [-0.05, 0) is 71.8 Å². The molecule has 0 aliphatic rings. The van der Waals surface area contributed by atoms with E-state index in [1.165, 1.54) is 52.8 Å². The summed E-state index contributed by atoms with van der Waals surface area (Å²) in [5.74, 6) is 0. The number of thiophene rings is 1. The molecule has 7 aromatic carbocycles. The standard InChI is InChI=1S/C43H25N3S/c44-26-28-23-30(46-38-13-5-1-9-32(38)33-10-2-6-14-39(33)46)21-22-31(28)27-17-19-29(20-18-27)45-40-15-7-3-11-34(40)36-24-37-35-12-4-8-16-42(35)47-43(37)25-41(36)45/h1-25H. The molecule has 0 aliphatic heterocycles. The van der Waals surface area contributed by atoms with Crippen molar-refractivity contribution in [3.05, 3.63) is 157 Å². The Labute approximate surface area is 274 Å². The van der Waals surface area contributed by atoms with Gasteiger partial charge in [0.05, 0.1) is 33.7 Å². The predicted octanol–water partition coefficient (Wildman–Crippen LogP) is 11.8. The Bertz CT molecular complexity index is 2860. The second-order valence-electron chi connectivity index (χ2n) is 12.1. The third-order valence-electron chi connectivity index (χ3n) is 9.57. The summed E-state index contributed by atoms with van der Waals surface area (Å²) in [4.78, 5) is 0. The molecule has 0 fully saturated rings. The lowest BCUT2D eigenvalue weighted by Gasteiger charge is -2.12. The monoisotopic (exact) mass is 615 g/mol. The van der Waals surface area contributed by atoms with Gasteiger partial charge in [0.25, 0.3) is 0 Å². The highest BCUT2D eigenvalue weighted by molar-refractivity contribution is 7.25. The van der Waals surface area contributed by atoms with Crippen LogP contribution in [0.25, 0.3) is 86.3 Å². The molecule has 0 radical (unpaired) electrons. The van der Waals surface area contributed by atoms with Crippen LogP contribution in [0.1, 0.15) is 5.56 Å². The molecule has 0 bridgehead atoms. The fourth-order valence-corrected chi connectivity index (χ4v) is 8.59. The van der Waals surface area contributed by atoms with Crippen molar-refractivity contribution in [2.45, 2.75) is 0 Å². The number of hydrogen-bond acceptors (Lipinski definition) is 2. The van der Waals surface area contributed by atoms with Crippen molar-refractivity contribution in [1.82, 2.24) is 9.13 Å². The van der Waals surface area contributed by atoms with E-state index in [-0.39, 0.29) is 0 Å². The molecular formula is C43H25N3S. The fourth-order valence-electron chi connectivity index (χ4n) is 7.47. The summed E-state index contributed by atoms with van der Waals surface area (Å²) in [6.07, 6.45) is 0. The minimum Gasteiger partial charge on any atom is -0.309 e. The van der Waals surface area contributed by atoms with E-state index < -0.39 is 0 Å². The molecule has 3 aromatic heterocycles. The van der Waals surface area contributed by atoms with E-state index in [2.05, 4.69) is 161 Å². The number of nitriles is 1. The highest BCUT2D eigenvalue weighted by Gasteiger charge is 2.17. The highest BCUT2D eigenvalue weighted by atomic mass is 32.1. The molecule has 218 valence electrons. The van der Waals surface area contributed by atoms with Crippen LogP contribution in [0.2, 0.25) is 0 Å². The highest BCUT2D eigenvalue weighted by Crippen LogP contribution is 2.41. The average molecular weight is 616 g/mol. The van der Waals surface area contributed by atoms with Crippen molar-refractivity contribution in [1.29, 1.82) is 5.26 Å². The third-order valence-corrected chi connectivity index (χ3v) is 10.7. The van der Waals surface area contributed by atoms with Gasteiger partial charge in [-0.25, -0.2) is 0 Å². The topological polar surface area (TPSA) is 33.6 Å². The van der Waals surface area contributed by atoms with Crippen LogP contribution in [0.3, 0.4) is 0 Å². The average Bonchev–Trinajstić information content (AvgIpc) is 3.78. The van der Waals surface area contributed by atoms with Crippen molar-refractivity contribution in [2.75, 3.05) is 0 Å². The molecule has 0 saturated heterocycles. The first-order chi connectivity index (χ1) is 23.3. The van der Waals surface area contributed by atoms with E-state index in [4.69, 9.17) is 0 Å². The van der Waals surface area contributed by atoms with Gasteiger partial charge in [0.1, 0.15) is 0 Å². The molecular weight excluding hydrogens is 591 g/mol. The van der Waals surface area contributed by atoms with Crippen LogP contribution < -0.4 is 0 Å². The fraction of sp³-hybridized carbons (Fsp3) is 0. The lowest BCUT2D eigenvalue weighted by molar-refractivity contribution is 1.17. The van der Waals surface area contributed by atoms with Gasteiger partial charge in [-0.15, -0.1) is 11.3 Å². The van der Waals surface area contributed by atoms with Crippen LogP contribution in [0, 0.1) is 11.3 Å². The summed E-state index contributed by atoms with van der Waals surface area (Å²) < 4.78 is 7.23. The number of aromatic nitrogens is 2. The van der Waals surface area contributed by atoms with E-state index in [0.717, 1.165) is 33.5 Å². The summed E-state index contributed by atoms with van der Waals surface area (Å²) in [6, 6.07) is 56.4. The number of para-hydroxylation sites is 3. The van der Waals surface area contributed by atoms with Crippen molar-refractivity contribution >= 4 is 75.1 Å². The molecule has 47 heavy (non-hydrogen) atoms. The summed E-state index contributed by atoms with van der Waals surface area (Å²) in [5.41, 5.74) is 9.34. The van der Waals surface area contributed by atoms with E-state index in [1.54, 1.807) is 0 Å². The van der Waals surface area contributed by atoms with Crippen LogP contribution in [-0.2, 0) is 0 Å². The number of hydrogen-bond donors (Lipinski definition) is 0. The molecule has 0 aliphatic carbocycles. The number of rotatable bonds is 3. The second-order valence-corrected chi connectivity index (χ2v) is 13.2. The first kappa shape index (κ1) is 26.1. The van der Waals surface area contributed by atoms with Crippen molar-refractivity contribution in [3.8, 4) is 28.6 Å². The van der Waals surface area contributed by atoms with Crippen molar-refractivity contribution in [3.63, 3.8) is 0 Å². The number of benzene rings is 7. The van der Waals surface area contributed by atoms with Gasteiger partial charge >= 0.3 is 0 Å². The van der Waals surface area contributed by atoms with Crippen LogP contribution in [0.15, 0.2) is 152 Å². The number of nitrogens with zero attached hydrogens (tertiary/aromatic N) is 3. The molecule has 0 unspecified atom stereocenters. The van der Waals surface area contributed by atoms with E-state index in [0.29, 0.717) is 5.56 Å². The van der Waals surface area contributed by atoms with Gasteiger partial charge in [-0.1, -0.05) is 91.0 Å². The molecule has 3 heterocycles. The van der Waals surface area contributed by atoms with Crippen LogP contribution in [0.4, 0.5) is 0 Å². The van der Waals surface area contributed by atoms with Crippen molar-refractivity contribution < 1.29 is 0 Å². The van der Waals surface area contributed by atoms with E-state index in [1.807, 2.05) is 17.4 Å². The van der Waals surface area contributed by atoms with Gasteiger partial charge in [0.15, 0.2) is 0 Å². The normalized spacial score (nSPS) is 11.8. The molecule has 3 nitrogen and oxygen atoms in total. The lowest BCUT2D eigenvalue weighted by atomic mass is 9.99. The maximum Gasteiger partial charge on any atom is 0.0998 e. The second kappa shape index (κ2) is 9.92. The zero-order chi connectivity index (χ0) is 31.1. The summed E-state index contributed by atoms with van der Waals surface area (Å²) >= 11 is 1.85. The van der Waals surface area contributed by atoms with Crippen LogP contribution in [-0.4, -0.2) is 9.13 Å². The summed E-state index contributed by atoms with van der Waals surface area (Å²) in [7, 11) is 0. The SMILES string of the molecule is N#Cc1cc(-n2c3ccccc3c3ccccc32)ccc1-c1ccc(-n2c3ccccc3c3cc4c(cc32)sc2ccccc24)cc1. The molecule has 10 rings (SSSR count). The zero-order valence-electron chi connectivity index (χ0n) is 25.2. The molecule has 0 amide bonds.